The Bertz CT molecular complexity index is 778. The van der Waals surface area contributed by atoms with Crippen LogP contribution in [0.15, 0.2) is 42.5 Å². The van der Waals surface area contributed by atoms with Crippen molar-refractivity contribution in [3.05, 3.63) is 53.1 Å². The topological polar surface area (TPSA) is 73.9 Å². The number of ether oxygens (including phenoxy) is 3. The summed E-state index contributed by atoms with van der Waals surface area (Å²) in [5, 5.41) is 3.12. The molecule has 0 radical (unpaired) electrons. The molecule has 2 aromatic carbocycles. The maximum Gasteiger partial charge on any atom is 0.342 e. The second-order valence-electron chi connectivity index (χ2n) is 5.11. The minimum atomic E-state index is -1.01. The molecule has 0 aromatic heterocycles. The molecule has 0 bridgehead atoms. The fourth-order valence-electron chi connectivity index (χ4n) is 2.06. The highest BCUT2D eigenvalue weighted by Gasteiger charge is 2.22. The lowest BCUT2D eigenvalue weighted by Crippen LogP contribution is -2.30. The van der Waals surface area contributed by atoms with Crippen LogP contribution in [0.25, 0.3) is 0 Å². The van der Waals surface area contributed by atoms with Gasteiger partial charge in [-0.05, 0) is 43.3 Å². The molecule has 2 rings (SSSR count). The third-order valence-electron chi connectivity index (χ3n) is 3.37. The van der Waals surface area contributed by atoms with Gasteiger partial charge in [0.15, 0.2) is 6.10 Å². The fraction of sp³-hybridized carbons (Fsp3) is 0.222. The van der Waals surface area contributed by atoms with E-state index < -0.39 is 18.0 Å². The van der Waals surface area contributed by atoms with Gasteiger partial charge < -0.3 is 19.5 Å². The summed E-state index contributed by atoms with van der Waals surface area (Å²) in [6.45, 7) is 1.48. The molecule has 0 saturated heterocycles. The van der Waals surface area contributed by atoms with Gasteiger partial charge in [-0.3, -0.25) is 4.79 Å². The molecule has 1 atom stereocenters. The summed E-state index contributed by atoms with van der Waals surface area (Å²) in [5.41, 5.74) is 0.684. The highest BCUT2D eigenvalue weighted by atomic mass is 35.5. The van der Waals surface area contributed by atoms with E-state index in [9.17, 15) is 9.59 Å². The second-order valence-corrected chi connectivity index (χ2v) is 5.55. The number of carbonyl (C=O) groups excluding carboxylic acids is 2. The van der Waals surface area contributed by atoms with Gasteiger partial charge in [-0.25, -0.2) is 4.79 Å². The molecular weight excluding hydrogens is 346 g/mol. The molecule has 0 heterocycles. The SMILES string of the molecule is COc1ccc(OC)c(C(=O)OC(C)C(=O)Nc2cccc(Cl)c2)c1. The quantitative estimate of drug-likeness (QED) is 0.794. The third kappa shape index (κ3) is 4.87. The zero-order valence-corrected chi connectivity index (χ0v) is 14.8. The number of methoxy groups -OCH3 is 2. The molecule has 0 aliphatic rings. The van der Waals surface area contributed by atoms with Crippen LogP contribution in [-0.2, 0) is 9.53 Å². The Hall–Kier alpha value is -2.73. The van der Waals surface area contributed by atoms with Crippen LogP contribution in [-0.4, -0.2) is 32.2 Å². The largest absolute Gasteiger partial charge is 0.497 e. The van der Waals surface area contributed by atoms with Crippen molar-refractivity contribution in [1.82, 2.24) is 0 Å². The van der Waals surface area contributed by atoms with Gasteiger partial charge in [0.25, 0.3) is 5.91 Å². The van der Waals surface area contributed by atoms with Crippen LogP contribution in [0.3, 0.4) is 0 Å². The minimum absolute atomic E-state index is 0.171. The van der Waals surface area contributed by atoms with E-state index in [2.05, 4.69) is 5.32 Å². The summed E-state index contributed by atoms with van der Waals surface area (Å²) < 4.78 is 15.5. The van der Waals surface area contributed by atoms with Gasteiger partial charge in [0.1, 0.15) is 17.1 Å². The van der Waals surface area contributed by atoms with Crippen molar-refractivity contribution in [2.75, 3.05) is 19.5 Å². The Morgan fingerprint density at radius 3 is 2.48 bits per heavy atom. The number of esters is 1. The van der Waals surface area contributed by atoms with E-state index in [-0.39, 0.29) is 5.56 Å². The van der Waals surface area contributed by atoms with E-state index in [0.29, 0.717) is 22.2 Å². The predicted octanol–water partition coefficient (Wildman–Crippen LogP) is 3.54. The molecular formula is C18H18ClNO5. The molecule has 0 spiro atoms. The zero-order chi connectivity index (χ0) is 18.4. The number of amides is 1. The zero-order valence-electron chi connectivity index (χ0n) is 14.0. The van der Waals surface area contributed by atoms with Gasteiger partial charge in [-0.2, -0.15) is 0 Å². The lowest BCUT2D eigenvalue weighted by Gasteiger charge is -2.15. The van der Waals surface area contributed by atoms with E-state index in [0.717, 1.165) is 0 Å². The maximum atomic E-state index is 12.4. The van der Waals surface area contributed by atoms with E-state index >= 15 is 0 Å². The lowest BCUT2D eigenvalue weighted by atomic mass is 10.2. The number of carbonyl (C=O) groups is 2. The van der Waals surface area contributed by atoms with Crippen LogP contribution >= 0.6 is 11.6 Å². The molecule has 25 heavy (non-hydrogen) atoms. The number of hydrogen-bond donors (Lipinski definition) is 1. The average Bonchev–Trinajstić information content (AvgIpc) is 2.60. The van der Waals surface area contributed by atoms with Crippen LogP contribution in [0.2, 0.25) is 5.02 Å². The first-order valence-corrected chi connectivity index (χ1v) is 7.82. The van der Waals surface area contributed by atoms with Gasteiger partial charge in [-0.15, -0.1) is 0 Å². The summed E-state index contributed by atoms with van der Waals surface area (Å²) in [5.74, 6) is -0.362. The number of anilines is 1. The van der Waals surface area contributed by atoms with Crippen molar-refractivity contribution in [3.63, 3.8) is 0 Å². The van der Waals surface area contributed by atoms with Crippen molar-refractivity contribution in [1.29, 1.82) is 0 Å². The highest BCUT2D eigenvalue weighted by molar-refractivity contribution is 6.30. The van der Waals surface area contributed by atoms with Crippen molar-refractivity contribution in [3.8, 4) is 11.5 Å². The number of benzene rings is 2. The monoisotopic (exact) mass is 363 g/mol. The number of hydrogen-bond acceptors (Lipinski definition) is 5. The summed E-state index contributed by atoms with van der Waals surface area (Å²) in [6.07, 6.45) is -1.01. The Morgan fingerprint density at radius 1 is 1.08 bits per heavy atom. The number of nitrogens with one attached hydrogen (secondary N) is 1. The van der Waals surface area contributed by atoms with E-state index in [1.165, 1.54) is 27.2 Å². The van der Waals surface area contributed by atoms with E-state index in [1.54, 1.807) is 36.4 Å². The van der Waals surface area contributed by atoms with Crippen LogP contribution in [0.4, 0.5) is 5.69 Å². The van der Waals surface area contributed by atoms with Crippen molar-refractivity contribution < 1.29 is 23.8 Å². The predicted molar refractivity (Wildman–Crippen MR) is 94.5 cm³/mol. The van der Waals surface area contributed by atoms with Crippen LogP contribution < -0.4 is 14.8 Å². The standard InChI is InChI=1S/C18H18ClNO5/c1-11(17(21)20-13-6-4-5-12(19)9-13)25-18(22)15-10-14(23-2)7-8-16(15)24-3/h4-11H,1-3H3,(H,20,21). The second kappa shape index (κ2) is 8.39. The molecule has 0 saturated carbocycles. The fourth-order valence-corrected chi connectivity index (χ4v) is 2.25. The van der Waals surface area contributed by atoms with Gasteiger partial charge >= 0.3 is 5.97 Å². The molecule has 1 unspecified atom stereocenters. The molecule has 0 aliphatic heterocycles. The van der Waals surface area contributed by atoms with Crippen molar-refractivity contribution >= 4 is 29.2 Å². The van der Waals surface area contributed by atoms with Crippen LogP contribution in [0, 0.1) is 0 Å². The first-order chi connectivity index (χ1) is 11.9. The summed E-state index contributed by atoms with van der Waals surface area (Å²) in [7, 11) is 2.92. The molecule has 2 aromatic rings. The molecule has 132 valence electrons. The van der Waals surface area contributed by atoms with Crippen LogP contribution in [0.5, 0.6) is 11.5 Å². The van der Waals surface area contributed by atoms with Gasteiger partial charge in [0.05, 0.1) is 14.2 Å². The lowest BCUT2D eigenvalue weighted by molar-refractivity contribution is -0.123. The Kier molecular flexibility index (Phi) is 6.25. The van der Waals surface area contributed by atoms with Gasteiger partial charge in [0.2, 0.25) is 0 Å². The van der Waals surface area contributed by atoms with Crippen molar-refractivity contribution in [2.45, 2.75) is 13.0 Å². The van der Waals surface area contributed by atoms with Gasteiger partial charge in [0, 0.05) is 10.7 Å². The number of rotatable bonds is 6. The Labute approximate surface area is 150 Å². The summed E-state index contributed by atoms with van der Waals surface area (Å²) in [4.78, 5) is 24.5. The summed E-state index contributed by atoms with van der Waals surface area (Å²) in [6, 6.07) is 11.4. The Balaban J connectivity index is 2.08. The molecule has 0 fully saturated rings. The average molecular weight is 364 g/mol. The van der Waals surface area contributed by atoms with E-state index in [1.807, 2.05) is 0 Å². The first kappa shape index (κ1) is 18.6. The normalized spacial score (nSPS) is 11.4. The molecule has 7 heteroatoms. The highest BCUT2D eigenvalue weighted by Crippen LogP contribution is 2.25. The molecule has 1 N–H and O–H groups in total. The number of halogens is 1. The van der Waals surface area contributed by atoms with Gasteiger partial charge in [-0.1, -0.05) is 17.7 Å². The molecule has 0 aliphatic carbocycles. The molecule has 6 nitrogen and oxygen atoms in total. The first-order valence-electron chi connectivity index (χ1n) is 7.44. The van der Waals surface area contributed by atoms with Crippen molar-refractivity contribution in [2.24, 2.45) is 0 Å². The Morgan fingerprint density at radius 2 is 1.84 bits per heavy atom. The smallest absolute Gasteiger partial charge is 0.342 e. The summed E-state index contributed by atoms with van der Waals surface area (Å²) >= 11 is 5.87. The minimum Gasteiger partial charge on any atom is -0.497 e. The van der Waals surface area contributed by atoms with Crippen LogP contribution in [0.1, 0.15) is 17.3 Å². The maximum absolute atomic E-state index is 12.4. The van der Waals surface area contributed by atoms with E-state index in [4.69, 9.17) is 25.8 Å². The third-order valence-corrected chi connectivity index (χ3v) is 3.61. The molecule has 1 amide bonds.